The van der Waals surface area contributed by atoms with Crippen molar-refractivity contribution in [2.75, 3.05) is 0 Å². The molecule has 2 aromatic rings. The second-order valence-corrected chi connectivity index (χ2v) is 6.06. The number of esters is 1. The van der Waals surface area contributed by atoms with Gasteiger partial charge in [0.05, 0.1) is 12.0 Å². The third-order valence-electron chi connectivity index (χ3n) is 3.68. The third-order valence-corrected chi connectivity index (χ3v) is 3.68. The zero-order chi connectivity index (χ0) is 21.4. The molecule has 0 bridgehead atoms. The minimum atomic E-state index is -1.46. The summed E-state index contributed by atoms with van der Waals surface area (Å²) in [6.07, 6.45) is 1.37. The Morgan fingerprint density at radius 2 is 1.62 bits per heavy atom. The van der Waals surface area contributed by atoms with Gasteiger partial charge in [-0.25, -0.2) is 0 Å². The number of aliphatic carboxylic acids is 1. The number of amides is 2. The quantitative estimate of drug-likeness (QED) is 0.403. The number of nitrogens with one attached hydrogen (secondary N) is 2. The van der Waals surface area contributed by atoms with Crippen molar-refractivity contribution < 1.29 is 29.0 Å². The molecule has 2 N–H and O–H groups in total. The van der Waals surface area contributed by atoms with Crippen LogP contribution < -0.4 is 20.5 Å². The number of hydrogen-bond acceptors (Lipinski definition) is 6. The van der Waals surface area contributed by atoms with Gasteiger partial charge in [0, 0.05) is 12.5 Å². The lowest BCUT2D eigenvalue weighted by molar-refractivity contribution is -0.307. The van der Waals surface area contributed by atoms with E-state index in [1.165, 1.54) is 32.1 Å². The Morgan fingerprint density at radius 3 is 2.17 bits per heavy atom. The Morgan fingerprint density at radius 1 is 1.00 bits per heavy atom. The fourth-order valence-corrected chi connectivity index (χ4v) is 2.24. The normalized spacial score (nSPS) is 11.9. The van der Waals surface area contributed by atoms with E-state index in [-0.39, 0.29) is 5.70 Å². The molecule has 0 aromatic heterocycles. The Hall–Kier alpha value is -3.94. The molecule has 0 fully saturated rings. The van der Waals surface area contributed by atoms with Gasteiger partial charge >= 0.3 is 5.97 Å². The van der Waals surface area contributed by atoms with Gasteiger partial charge < -0.3 is 25.3 Å². The molecule has 2 aromatic carbocycles. The molecular weight excluding hydrogens is 376 g/mol. The fraction of sp³-hybridized carbons (Fsp3) is 0.143. The molecule has 2 rings (SSSR count). The van der Waals surface area contributed by atoms with Crippen LogP contribution in [0.2, 0.25) is 0 Å². The minimum absolute atomic E-state index is 0.160. The SMILES string of the molecule is CC(=O)Oc1ccc(/C=C(\NC(=O)c2ccccc2)C(=O)N[C@H](C)C(=O)[O-])cc1. The summed E-state index contributed by atoms with van der Waals surface area (Å²) in [7, 11) is 0. The number of ether oxygens (including phenoxy) is 1. The standard InChI is InChI=1S/C21H20N2O6/c1-13(21(27)28)22-20(26)18(23-19(25)16-6-4-3-5-7-16)12-15-8-10-17(11-9-15)29-14(2)24/h3-13H,1-2H3,(H,22,26)(H,23,25)(H,27,28)/p-1/b18-12-/t13-/m1/s1. The van der Waals surface area contributed by atoms with Gasteiger partial charge in [-0.05, 0) is 42.8 Å². The van der Waals surface area contributed by atoms with E-state index in [0.29, 0.717) is 16.9 Å². The third kappa shape index (κ3) is 6.62. The van der Waals surface area contributed by atoms with Crippen LogP contribution in [0.3, 0.4) is 0 Å². The van der Waals surface area contributed by atoms with Crippen LogP contribution in [-0.4, -0.2) is 29.8 Å². The lowest BCUT2D eigenvalue weighted by Crippen LogP contribution is -2.48. The average molecular weight is 395 g/mol. The van der Waals surface area contributed by atoms with Gasteiger partial charge in [-0.1, -0.05) is 30.3 Å². The second-order valence-electron chi connectivity index (χ2n) is 6.06. The predicted molar refractivity (Wildman–Crippen MR) is 102 cm³/mol. The summed E-state index contributed by atoms with van der Waals surface area (Å²) in [5.41, 5.74) is 0.678. The molecule has 8 nitrogen and oxygen atoms in total. The van der Waals surface area contributed by atoms with E-state index in [1.807, 2.05) is 0 Å². The number of hydrogen-bond donors (Lipinski definition) is 2. The highest BCUT2D eigenvalue weighted by molar-refractivity contribution is 6.06. The summed E-state index contributed by atoms with van der Waals surface area (Å²) < 4.78 is 4.94. The fourth-order valence-electron chi connectivity index (χ4n) is 2.24. The zero-order valence-electron chi connectivity index (χ0n) is 15.8. The van der Waals surface area contributed by atoms with E-state index in [0.717, 1.165) is 0 Å². The van der Waals surface area contributed by atoms with Crippen LogP contribution in [0.5, 0.6) is 5.75 Å². The average Bonchev–Trinajstić information content (AvgIpc) is 2.68. The van der Waals surface area contributed by atoms with Gasteiger partial charge in [-0.15, -0.1) is 0 Å². The van der Waals surface area contributed by atoms with Gasteiger partial charge in [0.2, 0.25) is 0 Å². The van der Waals surface area contributed by atoms with Crippen molar-refractivity contribution in [1.29, 1.82) is 0 Å². The molecule has 1 atom stereocenters. The molecule has 0 unspecified atom stereocenters. The molecule has 0 aliphatic heterocycles. The maximum absolute atomic E-state index is 12.5. The molecule has 0 aliphatic rings. The molecule has 0 spiro atoms. The lowest BCUT2D eigenvalue weighted by atomic mass is 10.1. The monoisotopic (exact) mass is 395 g/mol. The first-order valence-electron chi connectivity index (χ1n) is 8.64. The molecule has 0 saturated carbocycles. The molecule has 0 aliphatic carbocycles. The van der Waals surface area contributed by atoms with Gasteiger partial charge in [-0.2, -0.15) is 0 Å². The number of rotatable bonds is 7. The highest BCUT2D eigenvalue weighted by atomic mass is 16.5. The van der Waals surface area contributed by atoms with Crippen molar-refractivity contribution >= 4 is 29.8 Å². The van der Waals surface area contributed by atoms with Crippen LogP contribution in [0.15, 0.2) is 60.3 Å². The molecule has 0 heterocycles. The largest absolute Gasteiger partial charge is 0.548 e. The predicted octanol–water partition coefficient (Wildman–Crippen LogP) is 0.637. The number of benzene rings is 2. The number of carbonyl (C=O) groups is 4. The molecule has 8 heteroatoms. The first-order chi connectivity index (χ1) is 13.8. The van der Waals surface area contributed by atoms with Crippen LogP contribution in [0.25, 0.3) is 6.08 Å². The first kappa shape index (κ1) is 21.4. The molecule has 0 radical (unpaired) electrons. The topological polar surface area (TPSA) is 125 Å². The molecule has 150 valence electrons. The summed E-state index contributed by atoms with van der Waals surface area (Å²) >= 11 is 0. The van der Waals surface area contributed by atoms with Gasteiger partial charge in [0.1, 0.15) is 11.4 Å². The lowest BCUT2D eigenvalue weighted by Gasteiger charge is -2.17. The molecule has 0 saturated heterocycles. The highest BCUT2D eigenvalue weighted by Gasteiger charge is 2.17. The van der Waals surface area contributed by atoms with Crippen molar-refractivity contribution in [3.05, 3.63) is 71.4 Å². The minimum Gasteiger partial charge on any atom is -0.548 e. The van der Waals surface area contributed by atoms with E-state index in [1.54, 1.807) is 42.5 Å². The number of carboxylic acid groups (broad SMARTS) is 1. The van der Waals surface area contributed by atoms with Gasteiger partial charge in [0.25, 0.3) is 11.8 Å². The molecule has 2 amide bonds. The second kappa shape index (κ2) is 9.84. The van der Waals surface area contributed by atoms with Crippen molar-refractivity contribution in [3.63, 3.8) is 0 Å². The van der Waals surface area contributed by atoms with Crippen LogP contribution in [-0.2, 0) is 14.4 Å². The summed E-state index contributed by atoms with van der Waals surface area (Å²) in [6, 6.07) is 13.2. The van der Waals surface area contributed by atoms with E-state index in [4.69, 9.17) is 4.74 Å². The molecular formula is C21H19N2O6-. The van der Waals surface area contributed by atoms with Gasteiger partial charge in [-0.3, -0.25) is 14.4 Å². The van der Waals surface area contributed by atoms with E-state index in [9.17, 15) is 24.3 Å². The Kier molecular flexibility index (Phi) is 7.25. The Bertz CT molecular complexity index is 935. The summed E-state index contributed by atoms with van der Waals surface area (Å²) in [4.78, 5) is 46.8. The Labute approximate surface area is 167 Å². The van der Waals surface area contributed by atoms with Crippen molar-refractivity contribution in [2.24, 2.45) is 0 Å². The van der Waals surface area contributed by atoms with Gasteiger partial charge in [0.15, 0.2) is 0 Å². The zero-order valence-corrected chi connectivity index (χ0v) is 15.8. The summed E-state index contributed by atoms with van der Waals surface area (Å²) in [6.45, 7) is 2.52. The summed E-state index contributed by atoms with van der Waals surface area (Å²) in [5, 5.41) is 15.6. The van der Waals surface area contributed by atoms with Crippen LogP contribution in [0.1, 0.15) is 29.8 Å². The number of carbonyl (C=O) groups excluding carboxylic acids is 4. The van der Waals surface area contributed by atoms with Crippen molar-refractivity contribution in [2.45, 2.75) is 19.9 Å². The van der Waals surface area contributed by atoms with E-state index < -0.39 is 29.8 Å². The van der Waals surface area contributed by atoms with E-state index in [2.05, 4.69) is 10.6 Å². The number of carboxylic acids is 1. The van der Waals surface area contributed by atoms with Crippen molar-refractivity contribution in [1.82, 2.24) is 10.6 Å². The van der Waals surface area contributed by atoms with Crippen LogP contribution >= 0.6 is 0 Å². The van der Waals surface area contributed by atoms with Crippen LogP contribution in [0, 0.1) is 0 Å². The van der Waals surface area contributed by atoms with Crippen LogP contribution in [0.4, 0.5) is 0 Å². The summed E-state index contributed by atoms with van der Waals surface area (Å²) in [5.74, 6) is -2.95. The maximum Gasteiger partial charge on any atom is 0.308 e. The van der Waals surface area contributed by atoms with E-state index >= 15 is 0 Å². The van der Waals surface area contributed by atoms with Crippen molar-refractivity contribution in [3.8, 4) is 5.75 Å². The Balaban J connectivity index is 2.28. The molecule has 29 heavy (non-hydrogen) atoms. The highest BCUT2D eigenvalue weighted by Crippen LogP contribution is 2.15. The first-order valence-corrected chi connectivity index (χ1v) is 8.64. The smallest absolute Gasteiger partial charge is 0.308 e. The maximum atomic E-state index is 12.5.